The molecule has 0 aliphatic carbocycles. The largest absolute Gasteiger partial charge is 0.508 e. The van der Waals surface area contributed by atoms with Gasteiger partial charge in [-0.15, -0.1) is 12.4 Å². The van der Waals surface area contributed by atoms with E-state index in [1.54, 1.807) is 18.2 Å². The van der Waals surface area contributed by atoms with Gasteiger partial charge in [0.15, 0.2) is 0 Å². The fourth-order valence-electron chi connectivity index (χ4n) is 1.54. The maximum absolute atomic E-state index is 9.71. The van der Waals surface area contributed by atoms with Gasteiger partial charge in [-0.3, -0.25) is 0 Å². The van der Waals surface area contributed by atoms with E-state index in [0.717, 1.165) is 0 Å². The van der Waals surface area contributed by atoms with Crippen LogP contribution in [0, 0.1) is 0 Å². The molecule has 104 valence electrons. The zero-order chi connectivity index (χ0) is 13.1. The van der Waals surface area contributed by atoms with E-state index in [-0.39, 0.29) is 36.4 Å². The lowest BCUT2D eigenvalue weighted by Gasteiger charge is -2.22. The molecule has 0 aromatic heterocycles. The Balaban J connectivity index is 0.00000289. The molecule has 1 aromatic carbocycles. The van der Waals surface area contributed by atoms with E-state index >= 15 is 0 Å². The first-order valence-corrected chi connectivity index (χ1v) is 5.72. The Hall–Kier alpha value is -0.970. The van der Waals surface area contributed by atoms with Gasteiger partial charge in [-0.25, -0.2) is 0 Å². The lowest BCUT2D eigenvalue weighted by molar-refractivity contribution is 0.130. The lowest BCUT2D eigenvalue weighted by Crippen LogP contribution is -2.23. The van der Waals surface area contributed by atoms with Crippen molar-refractivity contribution in [2.75, 3.05) is 6.61 Å². The summed E-state index contributed by atoms with van der Waals surface area (Å²) in [7, 11) is 0. The first kappa shape index (κ1) is 17.0. The predicted molar refractivity (Wildman–Crippen MR) is 74.4 cm³/mol. The normalized spacial score (nSPS) is 12.7. The third-order valence-electron chi connectivity index (χ3n) is 2.26. The van der Waals surface area contributed by atoms with Crippen LogP contribution in [0.15, 0.2) is 18.2 Å². The van der Waals surface area contributed by atoms with Gasteiger partial charge >= 0.3 is 0 Å². The molecule has 0 saturated carbocycles. The molecule has 4 N–H and O–H groups in total. The molecule has 0 fully saturated rings. The molecule has 0 amide bonds. The molecule has 0 unspecified atom stereocenters. The third-order valence-corrected chi connectivity index (χ3v) is 2.26. The van der Waals surface area contributed by atoms with Crippen LogP contribution in [0.2, 0.25) is 0 Å². The number of phenolic OH excluding ortho intramolecular Hbond substituents is 1. The van der Waals surface area contributed by atoms with Gasteiger partial charge in [0.2, 0.25) is 0 Å². The van der Waals surface area contributed by atoms with Crippen LogP contribution >= 0.6 is 12.4 Å². The van der Waals surface area contributed by atoms with E-state index in [2.05, 4.69) is 0 Å². The number of aromatic hydroxyl groups is 1. The summed E-state index contributed by atoms with van der Waals surface area (Å²) in [6.45, 7) is 5.85. The molecular weight excluding hydrogens is 254 g/mol. The average Bonchev–Trinajstić information content (AvgIpc) is 2.19. The Morgan fingerprint density at radius 1 is 1.33 bits per heavy atom. The quantitative estimate of drug-likeness (QED) is 0.789. The molecule has 0 bridgehead atoms. The SMILES string of the molecule is CC(C)(C)Oc1ccc(O)c([C@H](N)CCO)c1.Cl. The van der Waals surface area contributed by atoms with Gasteiger partial charge in [0.05, 0.1) is 0 Å². The van der Waals surface area contributed by atoms with Crippen molar-refractivity contribution in [3.05, 3.63) is 23.8 Å². The number of ether oxygens (including phenoxy) is 1. The summed E-state index contributed by atoms with van der Waals surface area (Å²) in [4.78, 5) is 0. The van der Waals surface area contributed by atoms with Crippen LogP contribution in [0.5, 0.6) is 11.5 Å². The standard InChI is InChI=1S/C13H21NO3.ClH/c1-13(2,3)17-9-4-5-12(16)10(8-9)11(14)6-7-15;/h4-5,8,11,15-16H,6-7,14H2,1-3H3;1H/t11-;/m1./s1. The topological polar surface area (TPSA) is 75.7 Å². The van der Waals surface area contributed by atoms with Crippen molar-refractivity contribution >= 4 is 12.4 Å². The number of phenols is 1. The van der Waals surface area contributed by atoms with Crippen molar-refractivity contribution in [1.29, 1.82) is 0 Å². The van der Waals surface area contributed by atoms with E-state index in [4.69, 9.17) is 15.6 Å². The maximum Gasteiger partial charge on any atom is 0.120 e. The van der Waals surface area contributed by atoms with Crippen LogP contribution < -0.4 is 10.5 Å². The van der Waals surface area contributed by atoms with Gasteiger partial charge in [-0.1, -0.05) is 0 Å². The highest BCUT2D eigenvalue weighted by atomic mass is 35.5. The Morgan fingerprint density at radius 2 is 1.94 bits per heavy atom. The van der Waals surface area contributed by atoms with Crippen molar-refractivity contribution in [1.82, 2.24) is 0 Å². The first-order chi connectivity index (χ1) is 7.83. The van der Waals surface area contributed by atoms with E-state index < -0.39 is 0 Å². The number of halogens is 1. The molecule has 1 atom stereocenters. The Morgan fingerprint density at radius 3 is 2.44 bits per heavy atom. The van der Waals surface area contributed by atoms with Crippen molar-refractivity contribution in [2.45, 2.75) is 38.8 Å². The number of rotatable bonds is 4. The molecule has 0 heterocycles. The second-order valence-electron chi connectivity index (χ2n) is 5.05. The summed E-state index contributed by atoms with van der Waals surface area (Å²) in [6, 6.07) is 4.60. The predicted octanol–water partition coefficient (Wildman–Crippen LogP) is 2.37. The third kappa shape index (κ3) is 5.12. The molecule has 0 radical (unpaired) electrons. The zero-order valence-electron chi connectivity index (χ0n) is 11.0. The van der Waals surface area contributed by atoms with Gasteiger partial charge in [-0.05, 0) is 45.4 Å². The molecule has 1 rings (SSSR count). The van der Waals surface area contributed by atoms with E-state index in [0.29, 0.717) is 17.7 Å². The minimum absolute atomic E-state index is 0. The van der Waals surface area contributed by atoms with Gasteiger partial charge in [0.1, 0.15) is 17.1 Å². The number of aliphatic hydroxyl groups excluding tert-OH is 1. The fourth-order valence-corrected chi connectivity index (χ4v) is 1.54. The van der Waals surface area contributed by atoms with Crippen LogP contribution in [0.25, 0.3) is 0 Å². The minimum Gasteiger partial charge on any atom is -0.508 e. The number of aliphatic hydroxyl groups is 1. The van der Waals surface area contributed by atoms with Crippen LogP contribution in [-0.4, -0.2) is 22.4 Å². The van der Waals surface area contributed by atoms with Crippen LogP contribution in [0.1, 0.15) is 38.8 Å². The summed E-state index contributed by atoms with van der Waals surface area (Å²) in [6.07, 6.45) is 0.409. The van der Waals surface area contributed by atoms with E-state index in [1.165, 1.54) is 0 Å². The van der Waals surface area contributed by atoms with Crippen molar-refractivity contribution in [3.63, 3.8) is 0 Å². The molecule has 0 aliphatic heterocycles. The molecule has 5 heteroatoms. The second kappa shape index (κ2) is 6.83. The summed E-state index contributed by atoms with van der Waals surface area (Å²) in [5, 5.41) is 18.6. The summed E-state index contributed by atoms with van der Waals surface area (Å²) in [5.74, 6) is 0.797. The Bertz CT molecular complexity index is 377. The highest BCUT2D eigenvalue weighted by molar-refractivity contribution is 5.85. The molecule has 0 spiro atoms. The minimum atomic E-state index is -0.386. The highest BCUT2D eigenvalue weighted by Gasteiger charge is 2.15. The van der Waals surface area contributed by atoms with Crippen molar-refractivity contribution in [2.24, 2.45) is 5.73 Å². The van der Waals surface area contributed by atoms with Gasteiger partial charge in [-0.2, -0.15) is 0 Å². The van der Waals surface area contributed by atoms with Crippen molar-refractivity contribution < 1.29 is 14.9 Å². The van der Waals surface area contributed by atoms with Crippen molar-refractivity contribution in [3.8, 4) is 11.5 Å². The number of hydrogen-bond donors (Lipinski definition) is 3. The summed E-state index contributed by atoms with van der Waals surface area (Å²) in [5.41, 5.74) is 6.17. The lowest BCUT2D eigenvalue weighted by atomic mass is 10.0. The van der Waals surface area contributed by atoms with Gasteiger partial charge in [0, 0.05) is 18.2 Å². The first-order valence-electron chi connectivity index (χ1n) is 5.72. The molecule has 4 nitrogen and oxygen atoms in total. The van der Waals surface area contributed by atoms with E-state index in [1.807, 2.05) is 20.8 Å². The molecule has 1 aromatic rings. The zero-order valence-corrected chi connectivity index (χ0v) is 11.8. The van der Waals surface area contributed by atoms with Gasteiger partial charge in [0.25, 0.3) is 0 Å². The monoisotopic (exact) mass is 275 g/mol. The Kier molecular flexibility index (Phi) is 6.46. The van der Waals surface area contributed by atoms with Crippen LogP contribution in [0.3, 0.4) is 0 Å². The summed E-state index contributed by atoms with van der Waals surface area (Å²) >= 11 is 0. The van der Waals surface area contributed by atoms with Gasteiger partial charge < -0.3 is 20.7 Å². The van der Waals surface area contributed by atoms with Crippen LogP contribution in [0.4, 0.5) is 0 Å². The van der Waals surface area contributed by atoms with Crippen LogP contribution in [-0.2, 0) is 0 Å². The molecule has 0 saturated heterocycles. The number of hydrogen-bond acceptors (Lipinski definition) is 4. The molecule has 18 heavy (non-hydrogen) atoms. The molecular formula is C13H22ClNO3. The summed E-state index contributed by atoms with van der Waals surface area (Å²) < 4.78 is 5.70. The average molecular weight is 276 g/mol. The maximum atomic E-state index is 9.71. The number of nitrogens with two attached hydrogens (primary N) is 1. The molecule has 0 aliphatic rings. The fraction of sp³-hybridized carbons (Fsp3) is 0.538. The smallest absolute Gasteiger partial charge is 0.120 e. The highest BCUT2D eigenvalue weighted by Crippen LogP contribution is 2.30. The second-order valence-corrected chi connectivity index (χ2v) is 5.05. The number of benzene rings is 1. The van der Waals surface area contributed by atoms with E-state index in [9.17, 15) is 5.11 Å². The Labute approximate surface area is 114 Å².